The van der Waals surface area contributed by atoms with Crippen LogP contribution >= 0.6 is 0 Å². The van der Waals surface area contributed by atoms with Crippen molar-refractivity contribution in [3.8, 4) is 0 Å². The molecule has 5 heteroatoms. The van der Waals surface area contributed by atoms with Gasteiger partial charge >= 0.3 is 5.97 Å². The van der Waals surface area contributed by atoms with Crippen LogP contribution in [0.15, 0.2) is 0 Å². The van der Waals surface area contributed by atoms with Crippen LogP contribution in [0.4, 0.5) is 0 Å². The molecule has 4 saturated carbocycles. The molecule has 178 valence electrons. The van der Waals surface area contributed by atoms with Gasteiger partial charge in [0, 0.05) is 25.6 Å². The van der Waals surface area contributed by atoms with E-state index in [0.717, 1.165) is 19.4 Å². The van der Waals surface area contributed by atoms with Crippen LogP contribution in [-0.2, 0) is 4.79 Å². The number of nitrogens with two attached hydrogens (primary N) is 1. The van der Waals surface area contributed by atoms with Crippen molar-refractivity contribution in [1.82, 2.24) is 5.32 Å². The summed E-state index contributed by atoms with van der Waals surface area (Å²) >= 11 is 0. The first-order valence-electron chi connectivity index (χ1n) is 13.0. The molecule has 0 saturated heterocycles. The highest BCUT2D eigenvalue weighted by Crippen LogP contribution is 2.68. The van der Waals surface area contributed by atoms with Crippen molar-refractivity contribution in [2.24, 2.45) is 52.1 Å². The highest BCUT2D eigenvalue weighted by atomic mass is 16.4. The average molecular weight is 435 g/mol. The number of carboxylic acids is 1. The second kappa shape index (κ2) is 8.95. The summed E-state index contributed by atoms with van der Waals surface area (Å²) in [4.78, 5) is 11.1. The molecule has 0 radical (unpaired) electrons. The zero-order valence-corrected chi connectivity index (χ0v) is 20.0. The van der Waals surface area contributed by atoms with Crippen LogP contribution < -0.4 is 11.1 Å². The fourth-order valence-electron chi connectivity index (χ4n) is 9.22. The number of hydrogen-bond donors (Lipinski definition) is 4. The van der Waals surface area contributed by atoms with E-state index in [1.807, 2.05) is 0 Å². The smallest absolute Gasteiger partial charge is 0.303 e. The van der Waals surface area contributed by atoms with E-state index in [2.05, 4.69) is 26.1 Å². The lowest BCUT2D eigenvalue weighted by atomic mass is 9.43. The van der Waals surface area contributed by atoms with Gasteiger partial charge in [0.2, 0.25) is 0 Å². The maximum Gasteiger partial charge on any atom is 0.303 e. The topological polar surface area (TPSA) is 95.6 Å². The van der Waals surface area contributed by atoms with Crippen molar-refractivity contribution in [3.63, 3.8) is 0 Å². The molecule has 5 nitrogen and oxygen atoms in total. The molecule has 10 atom stereocenters. The van der Waals surface area contributed by atoms with E-state index in [-0.39, 0.29) is 17.9 Å². The number of carbonyl (C=O) groups is 1. The van der Waals surface area contributed by atoms with E-state index in [0.29, 0.717) is 53.5 Å². The third-order valence-electron chi connectivity index (χ3n) is 10.8. The lowest BCUT2D eigenvalue weighted by Crippen LogP contribution is -2.59. The molecule has 31 heavy (non-hydrogen) atoms. The fourth-order valence-corrected chi connectivity index (χ4v) is 9.22. The summed E-state index contributed by atoms with van der Waals surface area (Å²) in [5.41, 5.74) is 6.34. The summed E-state index contributed by atoms with van der Waals surface area (Å²) in [6.07, 6.45) is 10.5. The third-order valence-corrected chi connectivity index (χ3v) is 10.8. The number of aliphatic carboxylic acids is 1. The third kappa shape index (κ3) is 4.08. The molecule has 0 aromatic carbocycles. The Bertz CT molecular complexity index is 657. The van der Waals surface area contributed by atoms with Crippen LogP contribution in [0, 0.1) is 46.3 Å². The summed E-state index contributed by atoms with van der Waals surface area (Å²) in [6, 6.07) is 0.560. The first-order valence-corrected chi connectivity index (χ1v) is 13.0. The predicted molar refractivity (Wildman–Crippen MR) is 123 cm³/mol. The maximum atomic E-state index is 11.5. The second-order valence-corrected chi connectivity index (χ2v) is 12.1. The number of hydrogen-bond acceptors (Lipinski definition) is 4. The van der Waals surface area contributed by atoms with Crippen LogP contribution in [0.3, 0.4) is 0 Å². The van der Waals surface area contributed by atoms with Crippen molar-refractivity contribution < 1.29 is 15.0 Å². The van der Waals surface area contributed by atoms with Gasteiger partial charge in [-0.05, 0) is 104 Å². The number of nitrogens with one attached hydrogen (secondary N) is 1. The van der Waals surface area contributed by atoms with Gasteiger partial charge < -0.3 is 21.3 Å². The Morgan fingerprint density at radius 1 is 1.10 bits per heavy atom. The Morgan fingerprint density at radius 3 is 2.52 bits per heavy atom. The van der Waals surface area contributed by atoms with Crippen molar-refractivity contribution in [1.29, 1.82) is 0 Å². The molecule has 0 spiro atoms. The summed E-state index contributed by atoms with van der Waals surface area (Å²) in [5, 5.41) is 24.3. The van der Waals surface area contributed by atoms with E-state index < -0.39 is 5.97 Å². The van der Waals surface area contributed by atoms with Gasteiger partial charge in [0.05, 0.1) is 6.10 Å². The molecular weight excluding hydrogens is 388 g/mol. The monoisotopic (exact) mass is 434 g/mol. The zero-order valence-electron chi connectivity index (χ0n) is 20.0. The van der Waals surface area contributed by atoms with Crippen LogP contribution in [0.5, 0.6) is 0 Å². The lowest BCUT2D eigenvalue weighted by Gasteiger charge is -2.62. The molecule has 4 unspecified atom stereocenters. The lowest BCUT2D eigenvalue weighted by molar-refractivity contribution is -0.167. The minimum atomic E-state index is -0.673. The van der Waals surface area contributed by atoms with Gasteiger partial charge in [-0.3, -0.25) is 4.79 Å². The van der Waals surface area contributed by atoms with Gasteiger partial charge in [0.25, 0.3) is 0 Å². The Morgan fingerprint density at radius 2 is 1.81 bits per heavy atom. The van der Waals surface area contributed by atoms with Crippen LogP contribution in [-0.4, -0.2) is 41.4 Å². The van der Waals surface area contributed by atoms with Crippen LogP contribution in [0.2, 0.25) is 0 Å². The molecule has 0 aromatic rings. The molecule has 0 aliphatic heterocycles. The first kappa shape index (κ1) is 23.5. The normalized spacial score (nSPS) is 47.8. The molecule has 4 fully saturated rings. The summed E-state index contributed by atoms with van der Waals surface area (Å²) < 4.78 is 0. The second-order valence-electron chi connectivity index (χ2n) is 12.1. The molecule has 5 N–H and O–H groups in total. The summed E-state index contributed by atoms with van der Waals surface area (Å²) in [5.74, 6) is 2.68. The molecule has 0 bridgehead atoms. The maximum absolute atomic E-state index is 11.5. The molecule has 4 aliphatic carbocycles. The molecule has 0 aromatic heterocycles. The van der Waals surface area contributed by atoms with Gasteiger partial charge in [0.15, 0.2) is 0 Å². The average Bonchev–Trinajstić information content (AvgIpc) is 3.08. The van der Waals surface area contributed by atoms with E-state index >= 15 is 0 Å². The SMILES string of the molecule is CC(CCC(=O)O)[C@H]1CCC2C3C(CC[C@@]21C)[C@@]1(C)CC[C@H](NCCN)C[C@H]1C[C@H]3O. The van der Waals surface area contributed by atoms with Crippen LogP contribution in [0.25, 0.3) is 0 Å². The van der Waals surface area contributed by atoms with E-state index in [9.17, 15) is 9.90 Å². The van der Waals surface area contributed by atoms with Gasteiger partial charge in [-0.15, -0.1) is 0 Å². The van der Waals surface area contributed by atoms with Gasteiger partial charge in [-0.25, -0.2) is 0 Å². The van der Waals surface area contributed by atoms with Gasteiger partial charge in [-0.2, -0.15) is 0 Å². The van der Waals surface area contributed by atoms with Gasteiger partial charge in [-0.1, -0.05) is 20.8 Å². The highest BCUT2D eigenvalue weighted by Gasteiger charge is 2.62. The minimum absolute atomic E-state index is 0.172. The standard InChI is InChI=1S/C26H46N2O3/c1-16(4-7-23(30)31)19-5-6-20-24-21(9-11-26(19,20)3)25(2)10-8-18(28-13-12-27)14-17(25)15-22(24)29/h16-22,24,28-29H,4-15,27H2,1-3H3,(H,30,31)/t16?,17-,18-,19+,20?,21?,22+,24?,25-,26+/m0/s1. The molecule has 4 aliphatic rings. The van der Waals surface area contributed by atoms with Gasteiger partial charge in [0.1, 0.15) is 0 Å². The first-order chi connectivity index (χ1) is 14.7. The van der Waals surface area contributed by atoms with E-state index in [4.69, 9.17) is 10.8 Å². The highest BCUT2D eigenvalue weighted by molar-refractivity contribution is 5.66. The van der Waals surface area contributed by atoms with Crippen LogP contribution in [0.1, 0.15) is 85.0 Å². The number of rotatable bonds is 7. The van der Waals surface area contributed by atoms with Crippen molar-refractivity contribution in [2.75, 3.05) is 13.1 Å². The number of aliphatic hydroxyl groups is 1. The zero-order chi connectivity index (χ0) is 22.4. The number of carboxylic acid groups (broad SMARTS) is 1. The fraction of sp³-hybridized carbons (Fsp3) is 0.962. The Labute approximate surface area is 188 Å². The largest absolute Gasteiger partial charge is 0.481 e. The van der Waals surface area contributed by atoms with Crippen molar-refractivity contribution in [3.05, 3.63) is 0 Å². The molecule has 0 heterocycles. The number of aliphatic hydroxyl groups excluding tert-OH is 1. The van der Waals surface area contributed by atoms with E-state index in [1.165, 1.54) is 44.9 Å². The Balaban J connectivity index is 1.50. The van der Waals surface area contributed by atoms with Crippen molar-refractivity contribution in [2.45, 2.75) is 97.1 Å². The summed E-state index contributed by atoms with van der Waals surface area (Å²) in [7, 11) is 0. The van der Waals surface area contributed by atoms with E-state index in [1.54, 1.807) is 0 Å². The quantitative estimate of drug-likeness (QED) is 0.485. The molecule has 4 rings (SSSR count). The molecular formula is C26H46N2O3. The van der Waals surface area contributed by atoms with Crippen molar-refractivity contribution >= 4 is 5.97 Å². The Hall–Kier alpha value is -0.650. The Kier molecular flexibility index (Phi) is 6.78. The number of fused-ring (bicyclic) bond motifs is 5. The predicted octanol–water partition coefficient (Wildman–Crippen LogP) is 4.03. The summed E-state index contributed by atoms with van der Waals surface area (Å²) in [6.45, 7) is 8.89. The molecule has 0 amide bonds. The minimum Gasteiger partial charge on any atom is -0.481 e.